The predicted molar refractivity (Wildman–Crippen MR) is 88.9 cm³/mol. The van der Waals surface area contributed by atoms with Gasteiger partial charge in [0.1, 0.15) is 11.6 Å². The Balaban J connectivity index is 2.67. The summed E-state index contributed by atoms with van der Waals surface area (Å²) in [6.45, 7) is 1.95. The Bertz CT molecular complexity index is 728. The van der Waals surface area contributed by atoms with Gasteiger partial charge in [0.05, 0.1) is 6.61 Å². The second-order valence-corrected chi connectivity index (χ2v) is 5.37. The summed E-state index contributed by atoms with van der Waals surface area (Å²) in [7, 11) is 0. The molecule has 0 amide bonds. The minimum atomic E-state index is -0.605. The summed E-state index contributed by atoms with van der Waals surface area (Å²) in [5.41, 5.74) is 2.18. The van der Waals surface area contributed by atoms with Gasteiger partial charge in [0.25, 0.3) is 0 Å². The monoisotopic (exact) mass is 355 g/mol. The van der Waals surface area contributed by atoms with Gasteiger partial charge in [-0.15, -0.1) is 0 Å². The van der Waals surface area contributed by atoms with Gasteiger partial charge < -0.3 is 4.74 Å². The molecule has 2 aromatic carbocycles. The number of halogens is 1. The molecule has 0 aromatic heterocycles. The van der Waals surface area contributed by atoms with Crippen LogP contribution in [0, 0.1) is 11.3 Å². The number of esters is 1. The van der Waals surface area contributed by atoms with E-state index in [0.29, 0.717) is 5.57 Å². The molecule has 0 bridgehead atoms. The number of nitriles is 1. The first-order valence-electron chi connectivity index (χ1n) is 6.80. The maximum atomic E-state index is 12.1. The van der Waals surface area contributed by atoms with Crippen LogP contribution >= 0.6 is 15.9 Å². The van der Waals surface area contributed by atoms with Gasteiger partial charge in [0, 0.05) is 10.0 Å². The van der Waals surface area contributed by atoms with Crippen LogP contribution in [0.1, 0.15) is 18.1 Å². The highest BCUT2D eigenvalue weighted by molar-refractivity contribution is 9.10. The Labute approximate surface area is 138 Å². The van der Waals surface area contributed by atoms with Gasteiger partial charge in [-0.1, -0.05) is 58.4 Å². The van der Waals surface area contributed by atoms with Crippen LogP contribution in [0.3, 0.4) is 0 Å². The number of carbonyl (C=O) groups is 1. The third-order valence-corrected chi connectivity index (χ3v) is 3.57. The van der Waals surface area contributed by atoms with E-state index in [2.05, 4.69) is 15.9 Å². The quantitative estimate of drug-likeness (QED) is 0.465. The van der Waals surface area contributed by atoms with E-state index in [9.17, 15) is 10.1 Å². The Morgan fingerprint density at radius 1 is 1.09 bits per heavy atom. The summed E-state index contributed by atoms with van der Waals surface area (Å²) >= 11 is 3.39. The zero-order valence-corrected chi connectivity index (χ0v) is 13.6. The molecule has 2 aromatic rings. The van der Waals surface area contributed by atoms with E-state index in [-0.39, 0.29) is 12.2 Å². The standard InChI is InChI=1S/C18H14BrNO2/c1-2-22-18(21)16(12-20)17(13-6-4-3-5-7-13)14-8-10-15(19)11-9-14/h3-11H,2H2,1H3/b17-16-. The van der Waals surface area contributed by atoms with Crippen LogP contribution in [0.2, 0.25) is 0 Å². The lowest BCUT2D eigenvalue weighted by Gasteiger charge is -2.11. The number of rotatable bonds is 4. The van der Waals surface area contributed by atoms with Crippen molar-refractivity contribution in [3.8, 4) is 6.07 Å². The van der Waals surface area contributed by atoms with Gasteiger partial charge in [-0.25, -0.2) is 4.79 Å². The number of carbonyl (C=O) groups excluding carboxylic acids is 1. The van der Waals surface area contributed by atoms with E-state index in [1.165, 1.54) is 0 Å². The van der Waals surface area contributed by atoms with E-state index >= 15 is 0 Å². The summed E-state index contributed by atoms with van der Waals surface area (Å²) in [6.07, 6.45) is 0. The fraction of sp³-hybridized carbons (Fsp3) is 0.111. The Kier molecular flexibility index (Phi) is 5.51. The van der Waals surface area contributed by atoms with Crippen molar-refractivity contribution in [2.45, 2.75) is 6.92 Å². The molecule has 0 saturated carbocycles. The third kappa shape index (κ3) is 3.63. The topological polar surface area (TPSA) is 50.1 Å². The van der Waals surface area contributed by atoms with Crippen LogP contribution in [0.25, 0.3) is 5.57 Å². The third-order valence-electron chi connectivity index (χ3n) is 3.04. The maximum Gasteiger partial charge on any atom is 0.349 e. The van der Waals surface area contributed by atoms with Crippen molar-refractivity contribution >= 4 is 27.5 Å². The zero-order chi connectivity index (χ0) is 15.9. The lowest BCUT2D eigenvalue weighted by molar-refractivity contribution is -0.137. The molecule has 0 fully saturated rings. The number of nitrogens with zero attached hydrogens (tertiary/aromatic N) is 1. The van der Waals surface area contributed by atoms with Crippen molar-refractivity contribution < 1.29 is 9.53 Å². The molecule has 0 aliphatic carbocycles. The Hall–Kier alpha value is -2.38. The predicted octanol–water partition coefficient (Wildman–Crippen LogP) is 4.34. The highest BCUT2D eigenvalue weighted by Crippen LogP contribution is 2.28. The van der Waals surface area contributed by atoms with Crippen LogP contribution in [0.5, 0.6) is 0 Å². The van der Waals surface area contributed by atoms with Gasteiger partial charge in [-0.05, 0) is 30.2 Å². The van der Waals surface area contributed by atoms with E-state index in [0.717, 1.165) is 15.6 Å². The molecule has 0 heterocycles. The van der Waals surface area contributed by atoms with Crippen molar-refractivity contribution in [2.75, 3.05) is 6.61 Å². The van der Waals surface area contributed by atoms with E-state index in [4.69, 9.17) is 4.74 Å². The molecule has 0 unspecified atom stereocenters. The minimum absolute atomic E-state index is 0.00960. The largest absolute Gasteiger partial charge is 0.462 e. The molecule has 0 aliphatic heterocycles. The van der Waals surface area contributed by atoms with E-state index in [1.54, 1.807) is 6.92 Å². The molecule has 2 rings (SSSR count). The van der Waals surface area contributed by atoms with Gasteiger partial charge >= 0.3 is 5.97 Å². The van der Waals surface area contributed by atoms with Crippen molar-refractivity contribution in [3.05, 3.63) is 75.8 Å². The summed E-state index contributed by atoms with van der Waals surface area (Å²) in [6, 6.07) is 18.8. The number of benzene rings is 2. The highest BCUT2D eigenvalue weighted by atomic mass is 79.9. The lowest BCUT2D eigenvalue weighted by Crippen LogP contribution is -2.09. The molecular weight excluding hydrogens is 342 g/mol. The lowest BCUT2D eigenvalue weighted by atomic mass is 9.93. The summed E-state index contributed by atoms with van der Waals surface area (Å²) in [4.78, 5) is 12.1. The molecular formula is C18H14BrNO2. The van der Waals surface area contributed by atoms with Gasteiger partial charge in [0.2, 0.25) is 0 Å². The molecule has 0 radical (unpaired) electrons. The normalized spacial score (nSPS) is 11.3. The fourth-order valence-corrected chi connectivity index (χ4v) is 2.35. The minimum Gasteiger partial charge on any atom is -0.462 e. The molecule has 0 N–H and O–H groups in total. The molecule has 0 atom stereocenters. The average Bonchev–Trinajstić information content (AvgIpc) is 2.54. The second-order valence-electron chi connectivity index (χ2n) is 4.46. The molecule has 0 aliphatic rings. The number of hydrogen-bond donors (Lipinski definition) is 0. The van der Waals surface area contributed by atoms with Crippen LogP contribution in [-0.4, -0.2) is 12.6 Å². The summed E-state index contributed by atoms with van der Waals surface area (Å²) < 4.78 is 5.94. The Morgan fingerprint density at radius 2 is 1.68 bits per heavy atom. The first kappa shape index (κ1) is 16.0. The number of hydrogen-bond acceptors (Lipinski definition) is 3. The van der Waals surface area contributed by atoms with Crippen LogP contribution < -0.4 is 0 Å². The Morgan fingerprint density at radius 3 is 2.23 bits per heavy atom. The van der Waals surface area contributed by atoms with Crippen molar-refractivity contribution in [1.29, 1.82) is 5.26 Å². The second kappa shape index (κ2) is 7.58. The zero-order valence-electron chi connectivity index (χ0n) is 12.0. The molecule has 0 saturated heterocycles. The molecule has 3 nitrogen and oxygen atoms in total. The maximum absolute atomic E-state index is 12.1. The first-order chi connectivity index (χ1) is 10.7. The SMILES string of the molecule is CCOC(=O)/C(C#N)=C(/c1ccccc1)c1ccc(Br)cc1. The van der Waals surface area contributed by atoms with Gasteiger partial charge in [-0.2, -0.15) is 5.26 Å². The van der Waals surface area contributed by atoms with Gasteiger partial charge in [0.15, 0.2) is 0 Å². The molecule has 4 heteroatoms. The van der Waals surface area contributed by atoms with Crippen LogP contribution in [0.4, 0.5) is 0 Å². The molecule has 22 heavy (non-hydrogen) atoms. The highest BCUT2D eigenvalue weighted by Gasteiger charge is 2.19. The smallest absolute Gasteiger partial charge is 0.349 e. The van der Waals surface area contributed by atoms with Crippen molar-refractivity contribution in [3.63, 3.8) is 0 Å². The molecule has 0 spiro atoms. The summed E-state index contributed by atoms with van der Waals surface area (Å²) in [5, 5.41) is 9.45. The first-order valence-corrected chi connectivity index (χ1v) is 7.59. The number of ether oxygens (including phenoxy) is 1. The van der Waals surface area contributed by atoms with Crippen molar-refractivity contribution in [1.82, 2.24) is 0 Å². The molecule has 110 valence electrons. The van der Waals surface area contributed by atoms with Gasteiger partial charge in [-0.3, -0.25) is 0 Å². The van der Waals surface area contributed by atoms with Crippen LogP contribution in [0.15, 0.2) is 64.6 Å². The van der Waals surface area contributed by atoms with Crippen LogP contribution in [-0.2, 0) is 9.53 Å². The van der Waals surface area contributed by atoms with E-state index in [1.807, 2.05) is 60.7 Å². The fourth-order valence-electron chi connectivity index (χ4n) is 2.08. The summed E-state index contributed by atoms with van der Waals surface area (Å²) in [5.74, 6) is -0.605. The average molecular weight is 356 g/mol. The van der Waals surface area contributed by atoms with E-state index < -0.39 is 5.97 Å². The van der Waals surface area contributed by atoms with Crippen molar-refractivity contribution in [2.24, 2.45) is 0 Å².